The van der Waals surface area contributed by atoms with Crippen LogP contribution >= 0.6 is 11.9 Å². The summed E-state index contributed by atoms with van der Waals surface area (Å²) in [6, 6.07) is 20.6. The van der Waals surface area contributed by atoms with Gasteiger partial charge in [0.25, 0.3) is 0 Å². The molecule has 0 unspecified atom stereocenters. The van der Waals surface area contributed by atoms with Crippen LogP contribution in [0.1, 0.15) is 11.1 Å². The highest BCUT2D eigenvalue weighted by molar-refractivity contribution is 7.97. The van der Waals surface area contributed by atoms with E-state index in [1.165, 1.54) is 0 Å². The van der Waals surface area contributed by atoms with E-state index in [1.54, 1.807) is 24.4 Å². The second kappa shape index (κ2) is 11.8. The molecule has 0 radical (unpaired) electrons. The van der Waals surface area contributed by atoms with Crippen LogP contribution < -0.4 is 15.8 Å². The molecule has 0 spiro atoms. The first-order valence-corrected chi connectivity index (χ1v) is 10.8. The number of nitrogens with zero attached hydrogens (tertiary/aromatic N) is 2. The Hall–Kier alpha value is -3.09. The zero-order valence-electron chi connectivity index (χ0n) is 17.1. The summed E-state index contributed by atoms with van der Waals surface area (Å²) in [5, 5.41) is 3.49. The largest absolute Gasteiger partial charge is 0.398 e. The van der Waals surface area contributed by atoms with Gasteiger partial charge < -0.3 is 11.1 Å². The lowest BCUT2D eigenvalue weighted by Gasteiger charge is -2.14. The van der Waals surface area contributed by atoms with E-state index in [-0.39, 0.29) is 0 Å². The minimum Gasteiger partial charge on any atom is -0.398 e. The third-order valence-corrected chi connectivity index (χ3v) is 5.15. The lowest BCUT2D eigenvalue weighted by atomic mass is 10.00. The van der Waals surface area contributed by atoms with E-state index in [1.807, 2.05) is 49.7 Å². The summed E-state index contributed by atoms with van der Waals surface area (Å²) < 4.78 is 3.09. The van der Waals surface area contributed by atoms with E-state index < -0.39 is 0 Å². The molecular formula is C24H27N5S. The van der Waals surface area contributed by atoms with Crippen LogP contribution in [0.25, 0.3) is 16.8 Å². The maximum Gasteiger partial charge on any atom is 0.0654 e. The van der Waals surface area contributed by atoms with E-state index in [0.717, 1.165) is 40.2 Å². The molecule has 0 amide bonds. The fourth-order valence-electron chi connectivity index (χ4n) is 2.96. The Morgan fingerprint density at radius 3 is 2.73 bits per heavy atom. The first-order chi connectivity index (χ1) is 14.8. The predicted octanol–water partition coefficient (Wildman–Crippen LogP) is 4.60. The van der Waals surface area contributed by atoms with Gasteiger partial charge in [0, 0.05) is 47.9 Å². The second-order valence-corrected chi connectivity index (χ2v) is 7.68. The van der Waals surface area contributed by atoms with Gasteiger partial charge in [-0.25, -0.2) is 0 Å². The highest BCUT2D eigenvalue weighted by Crippen LogP contribution is 2.28. The Labute approximate surface area is 182 Å². The van der Waals surface area contributed by atoms with Gasteiger partial charge in [-0.05, 0) is 48.0 Å². The van der Waals surface area contributed by atoms with Crippen molar-refractivity contribution in [2.24, 2.45) is 10.7 Å². The average Bonchev–Trinajstić information content (AvgIpc) is 2.81. The topological polar surface area (TPSA) is 75.3 Å². The molecular weight excluding hydrogens is 390 g/mol. The molecule has 3 rings (SSSR count). The van der Waals surface area contributed by atoms with Crippen molar-refractivity contribution in [1.29, 1.82) is 0 Å². The van der Waals surface area contributed by atoms with Gasteiger partial charge in [-0.3, -0.25) is 14.7 Å². The van der Waals surface area contributed by atoms with Crippen molar-refractivity contribution < 1.29 is 0 Å². The van der Waals surface area contributed by atoms with E-state index in [9.17, 15) is 0 Å². The van der Waals surface area contributed by atoms with Crippen molar-refractivity contribution >= 4 is 29.5 Å². The number of hydrogen-bond acceptors (Lipinski definition) is 6. The fraction of sp³-hybridized carbons (Fsp3) is 0.167. The van der Waals surface area contributed by atoms with Crippen LogP contribution in [-0.2, 0) is 6.54 Å². The molecule has 0 fully saturated rings. The van der Waals surface area contributed by atoms with Gasteiger partial charge in [0.15, 0.2) is 0 Å². The van der Waals surface area contributed by atoms with Crippen LogP contribution in [0.3, 0.4) is 0 Å². The lowest BCUT2D eigenvalue weighted by Crippen LogP contribution is -2.10. The lowest BCUT2D eigenvalue weighted by molar-refractivity contribution is 1.05. The minimum absolute atomic E-state index is 0.577. The number of allylic oxidation sites excluding steroid dienone is 1. The number of benzene rings is 2. The first kappa shape index (κ1) is 21.6. The quantitative estimate of drug-likeness (QED) is 0.255. The van der Waals surface area contributed by atoms with E-state index in [4.69, 9.17) is 5.73 Å². The number of aliphatic imine (C=N–C) groups is 1. The van der Waals surface area contributed by atoms with Crippen molar-refractivity contribution in [3.05, 3.63) is 90.3 Å². The van der Waals surface area contributed by atoms with Crippen LogP contribution in [0.2, 0.25) is 0 Å². The zero-order valence-corrected chi connectivity index (χ0v) is 17.9. The predicted molar refractivity (Wildman–Crippen MR) is 130 cm³/mol. The Kier molecular flexibility index (Phi) is 8.50. The summed E-state index contributed by atoms with van der Waals surface area (Å²) >= 11 is 1.67. The monoisotopic (exact) mass is 417 g/mol. The standard InChI is InChI=1S/C24H27N5S/c1-26-30-15-14-29-24-10-9-21(20-7-3-2-4-8-20)16-22(24)23(25)11-13-28-18-19-6-5-12-27-17-19/h2-13,16-17,26,29H,14-15,18,25H2,1H3. The van der Waals surface area contributed by atoms with Gasteiger partial charge in [-0.15, -0.1) is 0 Å². The number of nitrogens with one attached hydrogen (secondary N) is 2. The molecule has 1 aromatic heterocycles. The molecule has 0 saturated carbocycles. The molecule has 154 valence electrons. The molecule has 0 aliphatic heterocycles. The van der Waals surface area contributed by atoms with Crippen molar-refractivity contribution in [2.45, 2.75) is 6.54 Å². The smallest absolute Gasteiger partial charge is 0.0654 e. The maximum absolute atomic E-state index is 6.45. The Balaban J connectivity index is 1.80. The molecule has 30 heavy (non-hydrogen) atoms. The summed E-state index contributed by atoms with van der Waals surface area (Å²) in [6.45, 7) is 1.42. The Bertz CT molecular complexity index is 971. The van der Waals surface area contributed by atoms with Crippen molar-refractivity contribution in [2.75, 3.05) is 24.7 Å². The Morgan fingerprint density at radius 1 is 1.10 bits per heavy atom. The summed E-state index contributed by atoms with van der Waals surface area (Å²) in [5.41, 5.74) is 12.5. The van der Waals surface area contributed by atoms with Crippen LogP contribution in [0.5, 0.6) is 0 Å². The highest BCUT2D eigenvalue weighted by atomic mass is 32.2. The van der Waals surface area contributed by atoms with Crippen molar-refractivity contribution in [3.8, 4) is 11.1 Å². The van der Waals surface area contributed by atoms with Crippen LogP contribution in [0.4, 0.5) is 5.69 Å². The number of rotatable bonds is 10. The second-order valence-electron chi connectivity index (χ2n) is 6.58. The summed E-state index contributed by atoms with van der Waals surface area (Å²) in [6.07, 6.45) is 7.19. The Morgan fingerprint density at radius 2 is 1.97 bits per heavy atom. The molecule has 0 aliphatic rings. The zero-order chi connectivity index (χ0) is 21.0. The third-order valence-electron chi connectivity index (χ3n) is 4.46. The molecule has 0 atom stereocenters. The maximum atomic E-state index is 6.45. The van der Waals surface area contributed by atoms with Crippen molar-refractivity contribution in [3.63, 3.8) is 0 Å². The van der Waals surface area contributed by atoms with Crippen LogP contribution in [0.15, 0.2) is 84.1 Å². The third kappa shape index (κ3) is 6.47. The molecule has 0 saturated heterocycles. The van der Waals surface area contributed by atoms with Crippen LogP contribution in [0, 0.1) is 0 Å². The number of pyridine rings is 1. The minimum atomic E-state index is 0.577. The highest BCUT2D eigenvalue weighted by Gasteiger charge is 2.08. The molecule has 1 heterocycles. The number of aromatic nitrogens is 1. The van der Waals surface area contributed by atoms with Gasteiger partial charge in [0.2, 0.25) is 0 Å². The molecule has 6 heteroatoms. The molecule has 0 bridgehead atoms. The van der Waals surface area contributed by atoms with E-state index >= 15 is 0 Å². The number of anilines is 1. The molecule has 5 nitrogen and oxygen atoms in total. The summed E-state index contributed by atoms with van der Waals surface area (Å²) in [7, 11) is 1.93. The van der Waals surface area contributed by atoms with Gasteiger partial charge in [0.1, 0.15) is 0 Å². The summed E-state index contributed by atoms with van der Waals surface area (Å²) in [5.74, 6) is 0.951. The number of nitrogens with two attached hydrogens (primary N) is 1. The first-order valence-electron chi connectivity index (χ1n) is 9.84. The van der Waals surface area contributed by atoms with Gasteiger partial charge >= 0.3 is 0 Å². The summed E-state index contributed by atoms with van der Waals surface area (Å²) in [4.78, 5) is 8.56. The van der Waals surface area contributed by atoms with Gasteiger partial charge in [0.05, 0.1) is 6.54 Å². The molecule has 3 aromatic rings. The van der Waals surface area contributed by atoms with Gasteiger partial charge in [-0.1, -0.05) is 54.4 Å². The molecule has 2 aromatic carbocycles. The van der Waals surface area contributed by atoms with Crippen molar-refractivity contribution in [1.82, 2.24) is 9.71 Å². The molecule has 4 N–H and O–H groups in total. The SMILES string of the molecule is CNSCCNc1ccc(-c2ccccc2)cc1C(N)=CC=NCc1cccnc1. The van der Waals surface area contributed by atoms with Gasteiger partial charge in [-0.2, -0.15) is 0 Å². The fourth-order valence-corrected chi connectivity index (χ4v) is 3.37. The number of hydrogen-bond donors (Lipinski definition) is 3. The van der Waals surface area contributed by atoms with E-state index in [2.05, 4.69) is 50.3 Å². The molecule has 0 aliphatic carbocycles. The van der Waals surface area contributed by atoms with Crippen LogP contribution in [-0.4, -0.2) is 30.5 Å². The normalized spacial score (nSPS) is 11.7. The average molecular weight is 418 g/mol. The van der Waals surface area contributed by atoms with E-state index in [0.29, 0.717) is 12.2 Å².